The van der Waals surface area contributed by atoms with Crippen molar-refractivity contribution in [3.05, 3.63) is 41.5 Å². The molecule has 0 spiro atoms. The molecule has 0 saturated heterocycles. The van der Waals surface area contributed by atoms with E-state index in [4.69, 9.17) is 9.47 Å². The third-order valence-corrected chi connectivity index (χ3v) is 2.42. The van der Waals surface area contributed by atoms with Crippen molar-refractivity contribution in [3.63, 3.8) is 0 Å². The van der Waals surface area contributed by atoms with Crippen molar-refractivity contribution in [1.82, 2.24) is 0 Å². The average molecular weight is 234 g/mol. The first-order chi connectivity index (χ1) is 8.26. The maximum absolute atomic E-state index is 10.2. The van der Waals surface area contributed by atoms with E-state index in [0.29, 0.717) is 13.2 Å². The van der Waals surface area contributed by atoms with Gasteiger partial charge in [-0.2, -0.15) is 0 Å². The minimum Gasteiger partial charge on any atom is -0.497 e. The fraction of sp³-hybridized carbons (Fsp3) is 0.357. The molecule has 1 rings (SSSR count). The third-order valence-electron chi connectivity index (χ3n) is 2.42. The summed E-state index contributed by atoms with van der Waals surface area (Å²) in [7, 11) is 1.65. The molecule has 0 aliphatic heterocycles. The van der Waals surface area contributed by atoms with E-state index in [0.717, 1.165) is 29.6 Å². The van der Waals surface area contributed by atoms with Gasteiger partial charge in [-0.3, -0.25) is 4.79 Å². The molecule has 0 unspecified atom stereocenters. The highest BCUT2D eigenvalue weighted by atomic mass is 16.5. The van der Waals surface area contributed by atoms with Crippen LogP contribution in [-0.2, 0) is 16.1 Å². The lowest BCUT2D eigenvalue weighted by Gasteiger charge is -2.05. The van der Waals surface area contributed by atoms with E-state index >= 15 is 0 Å². The molecule has 3 nitrogen and oxygen atoms in total. The van der Waals surface area contributed by atoms with Gasteiger partial charge in [0.1, 0.15) is 12.0 Å². The molecule has 0 amide bonds. The van der Waals surface area contributed by atoms with Gasteiger partial charge in [0.05, 0.1) is 20.3 Å². The van der Waals surface area contributed by atoms with Crippen molar-refractivity contribution in [2.45, 2.75) is 20.0 Å². The van der Waals surface area contributed by atoms with Crippen molar-refractivity contribution < 1.29 is 14.3 Å². The zero-order chi connectivity index (χ0) is 12.5. The highest BCUT2D eigenvalue weighted by Gasteiger charge is 1.95. The molecule has 0 atom stereocenters. The molecule has 0 fully saturated rings. The molecular weight excluding hydrogens is 216 g/mol. The summed E-state index contributed by atoms with van der Waals surface area (Å²) in [6.07, 6.45) is 3.16. The molecule has 0 aromatic heterocycles. The van der Waals surface area contributed by atoms with Gasteiger partial charge in [-0.1, -0.05) is 17.7 Å². The summed E-state index contributed by atoms with van der Waals surface area (Å²) in [6.45, 7) is 3.13. The van der Waals surface area contributed by atoms with E-state index in [9.17, 15) is 4.79 Å². The van der Waals surface area contributed by atoms with Gasteiger partial charge in [-0.25, -0.2) is 0 Å². The molecule has 17 heavy (non-hydrogen) atoms. The number of carbonyl (C=O) groups excluding carboxylic acids is 1. The van der Waals surface area contributed by atoms with Crippen molar-refractivity contribution in [1.29, 1.82) is 0 Å². The smallest absolute Gasteiger partial charge is 0.142 e. The molecule has 0 N–H and O–H groups in total. The van der Waals surface area contributed by atoms with E-state index in [-0.39, 0.29) is 0 Å². The van der Waals surface area contributed by atoms with E-state index in [2.05, 4.69) is 0 Å². The largest absolute Gasteiger partial charge is 0.497 e. The van der Waals surface area contributed by atoms with E-state index in [1.54, 1.807) is 13.2 Å². The number of benzene rings is 1. The average Bonchev–Trinajstić information content (AvgIpc) is 2.36. The maximum atomic E-state index is 10.2. The van der Waals surface area contributed by atoms with Crippen molar-refractivity contribution in [2.75, 3.05) is 13.7 Å². The summed E-state index contributed by atoms with van der Waals surface area (Å²) in [5.74, 6) is 0.846. The Morgan fingerprint density at radius 1 is 1.29 bits per heavy atom. The Hall–Kier alpha value is -1.61. The quantitative estimate of drug-likeness (QED) is 0.413. The second-order valence-electron chi connectivity index (χ2n) is 3.80. The molecule has 0 aliphatic rings. The van der Waals surface area contributed by atoms with Crippen LogP contribution in [0.4, 0.5) is 0 Å². The second-order valence-corrected chi connectivity index (χ2v) is 3.80. The van der Waals surface area contributed by atoms with Gasteiger partial charge < -0.3 is 9.47 Å². The van der Waals surface area contributed by atoms with Crippen molar-refractivity contribution in [3.8, 4) is 5.75 Å². The Labute approximate surface area is 102 Å². The molecular formula is C14H18O3. The maximum Gasteiger partial charge on any atom is 0.142 e. The topological polar surface area (TPSA) is 35.5 Å². The molecule has 0 radical (unpaired) electrons. The Morgan fingerprint density at radius 3 is 2.59 bits per heavy atom. The number of aldehydes is 1. The van der Waals surface area contributed by atoms with Crippen LogP contribution in [0.5, 0.6) is 5.75 Å². The molecule has 0 heterocycles. The van der Waals surface area contributed by atoms with Crippen molar-refractivity contribution in [2.24, 2.45) is 0 Å². The van der Waals surface area contributed by atoms with Gasteiger partial charge in [-0.05, 0) is 37.1 Å². The van der Waals surface area contributed by atoms with Crippen LogP contribution in [0.15, 0.2) is 35.9 Å². The molecule has 3 heteroatoms. The first-order valence-corrected chi connectivity index (χ1v) is 5.58. The van der Waals surface area contributed by atoms with Crippen LogP contribution in [-0.4, -0.2) is 20.0 Å². The monoisotopic (exact) mass is 234 g/mol. The second kappa shape index (κ2) is 7.63. The minimum atomic E-state index is 0.582. The highest BCUT2D eigenvalue weighted by Crippen LogP contribution is 2.12. The number of ether oxygens (including phenoxy) is 2. The van der Waals surface area contributed by atoms with Gasteiger partial charge in [0.2, 0.25) is 0 Å². The highest BCUT2D eigenvalue weighted by molar-refractivity contribution is 5.65. The summed E-state index contributed by atoms with van der Waals surface area (Å²) in [6, 6.07) is 7.78. The number of carbonyl (C=O) groups is 1. The van der Waals surface area contributed by atoms with Crippen LogP contribution in [0.25, 0.3) is 0 Å². The fourth-order valence-electron chi connectivity index (χ4n) is 1.34. The third kappa shape index (κ3) is 5.31. The number of hydrogen-bond acceptors (Lipinski definition) is 3. The lowest BCUT2D eigenvalue weighted by molar-refractivity contribution is -0.104. The number of methoxy groups -OCH3 is 1. The molecule has 1 aromatic rings. The van der Waals surface area contributed by atoms with Gasteiger partial charge in [-0.15, -0.1) is 0 Å². The van der Waals surface area contributed by atoms with Crippen LogP contribution < -0.4 is 4.74 Å². The van der Waals surface area contributed by atoms with Crippen LogP contribution in [0.1, 0.15) is 18.9 Å². The van der Waals surface area contributed by atoms with Gasteiger partial charge in [0.15, 0.2) is 0 Å². The van der Waals surface area contributed by atoms with Crippen LogP contribution in [0.3, 0.4) is 0 Å². The number of rotatable bonds is 7. The van der Waals surface area contributed by atoms with Gasteiger partial charge in [0.25, 0.3) is 0 Å². The Bertz CT molecular complexity index is 366. The van der Waals surface area contributed by atoms with Crippen LogP contribution >= 0.6 is 0 Å². The first-order valence-electron chi connectivity index (χ1n) is 5.58. The number of allylic oxidation sites excluding steroid dienone is 1. The fourth-order valence-corrected chi connectivity index (χ4v) is 1.34. The number of hydrogen-bond donors (Lipinski definition) is 0. The summed E-state index contributed by atoms with van der Waals surface area (Å²) < 4.78 is 10.6. The Balaban J connectivity index is 2.26. The summed E-state index contributed by atoms with van der Waals surface area (Å²) in [5.41, 5.74) is 2.15. The van der Waals surface area contributed by atoms with Gasteiger partial charge in [0, 0.05) is 0 Å². The Kier molecular flexibility index (Phi) is 6.04. The van der Waals surface area contributed by atoms with Crippen molar-refractivity contribution >= 4 is 6.29 Å². The first kappa shape index (κ1) is 13.5. The summed E-state index contributed by atoms with van der Waals surface area (Å²) in [4.78, 5) is 10.2. The predicted molar refractivity (Wildman–Crippen MR) is 67.1 cm³/mol. The van der Waals surface area contributed by atoms with Crippen LogP contribution in [0.2, 0.25) is 0 Å². The SMILES string of the molecule is COc1ccc(COCCC(C)=CC=O)cc1. The summed E-state index contributed by atoms with van der Waals surface area (Å²) in [5, 5.41) is 0. The van der Waals surface area contributed by atoms with Gasteiger partial charge >= 0.3 is 0 Å². The summed E-state index contributed by atoms with van der Waals surface area (Å²) >= 11 is 0. The molecule has 0 saturated carbocycles. The lowest BCUT2D eigenvalue weighted by atomic mass is 10.2. The molecule has 92 valence electrons. The van der Waals surface area contributed by atoms with E-state index < -0.39 is 0 Å². The zero-order valence-electron chi connectivity index (χ0n) is 10.3. The van der Waals surface area contributed by atoms with E-state index in [1.807, 2.05) is 31.2 Å². The van der Waals surface area contributed by atoms with E-state index in [1.165, 1.54) is 0 Å². The Morgan fingerprint density at radius 2 is 2.00 bits per heavy atom. The van der Waals surface area contributed by atoms with Crippen LogP contribution in [0, 0.1) is 0 Å². The molecule has 1 aromatic carbocycles. The predicted octanol–water partition coefficient (Wildman–Crippen LogP) is 2.75. The molecule has 0 aliphatic carbocycles. The standard InChI is InChI=1S/C14H18O3/c1-12(7-9-15)8-10-17-11-13-3-5-14(16-2)6-4-13/h3-7,9H,8,10-11H2,1-2H3. The molecule has 0 bridgehead atoms. The zero-order valence-corrected chi connectivity index (χ0v) is 10.3. The minimum absolute atomic E-state index is 0.582. The normalized spacial score (nSPS) is 11.3. The lowest BCUT2D eigenvalue weighted by Crippen LogP contribution is -1.96.